The van der Waals surface area contributed by atoms with E-state index in [1.54, 1.807) is 4.90 Å². The number of piperidine rings is 2. The molecule has 1 spiro atoms. The number of carbonyl (C=O) groups excluding carboxylic acids is 2. The minimum absolute atomic E-state index is 0.122. The number of fused-ring (bicyclic) bond motifs is 2. The molecule has 0 aromatic heterocycles. The van der Waals surface area contributed by atoms with Crippen molar-refractivity contribution >= 4 is 12.1 Å². The van der Waals surface area contributed by atoms with Crippen LogP contribution in [-0.4, -0.2) is 41.3 Å². The summed E-state index contributed by atoms with van der Waals surface area (Å²) in [6, 6.07) is -0.332. The van der Waals surface area contributed by atoms with Crippen LogP contribution in [0.1, 0.15) is 59.8 Å². The fraction of sp³-hybridized carbons (Fsp3) is 0.882. The second kappa shape index (κ2) is 5.14. The second-order valence-electron chi connectivity index (χ2n) is 7.99. The van der Waals surface area contributed by atoms with Crippen LogP contribution in [0.3, 0.4) is 0 Å². The fourth-order valence-corrected chi connectivity index (χ4v) is 4.37. The first-order chi connectivity index (χ1) is 10.3. The highest BCUT2D eigenvalue weighted by Crippen LogP contribution is 2.64. The number of esters is 1. The fourth-order valence-electron chi connectivity index (χ4n) is 4.37. The van der Waals surface area contributed by atoms with E-state index in [-0.39, 0.29) is 24.0 Å². The lowest BCUT2D eigenvalue weighted by atomic mass is 9.65. The zero-order valence-electron chi connectivity index (χ0n) is 14.1. The summed E-state index contributed by atoms with van der Waals surface area (Å²) in [6.45, 7) is 7.73. The molecule has 22 heavy (non-hydrogen) atoms. The van der Waals surface area contributed by atoms with Gasteiger partial charge in [0.15, 0.2) is 0 Å². The molecule has 2 aliphatic carbocycles. The van der Waals surface area contributed by atoms with Gasteiger partial charge in [-0.2, -0.15) is 0 Å². The van der Waals surface area contributed by atoms with Gasteiger partial charge in [-0.25, -0.2) is 9.59 Å². The highest BCUT2D eigenvalue weighted by Gasteiger charge is 2.64. The van der Waals surface area contributed by atoms with Crippen molar-refractivity contribution in [1.82, 2.24) is 4.90 Å². The van der Waals surface area contributed by atoms with Crippen molar-refractivity contribution in [3.05, 3.63) is 0 Å². The van der Waals surface area contributed by atoms with E-state index >= 15 is 0 Å². The topological polar surface area (TPSA) is 55.8 Å². The molecule has 2 saturated heterocycles. The first-order valence-corrected chi connectivity index (χ1v) is 8.45. The number of amides is 1. The molecule has 5 heteroatoms. The van der Waals surface area contributed by atoms with E-state index in [0.29, 0.717) is 12.0 Å². The molecule has 0 aromatic rings. The van der Waals surface area contributed by atoms with Gasteiger partial charge in [0.1, 0.15) is 11.6 Å². The summed E-state index contributed by atoms with van der Waals surface area (Å²) >= 11 is 0. The summed E-state index contributed by atoms with van der Waals surface area (Å²) in [4.78, 5) is 26.9. The predicted molar refractivity (Wildman–Crippen MR) is 81.3 cm³/mol. The Morgan fingerprint density at radius 1 is 1.23 bits per heavy atom. The van der Waals surface area contributed by atoms with E-state index in [4.69, 9.17) is 9.47 Å². The molecule has 2 saturated carbocycles. The van der Waals surface area contributed by atoms with Gasteiger partial charge in [-0.1, -0.05) is 0 Å². The molecule has 124 valence electrons. The Morgan fingerprint density at radius 3 is 2.45 bits per heavy atom. The second-order valence-corrected chi connectivity index (χ2v) is 7.99. The summed E-state index contributed by atoms with van der Waals surface area (Å²) in [7, 11) is 0. The normalized spacial score (nSPS) is 32.0. The average Bonchev–Trinajstić information content (AvgIpc) is 3.16. The Hall–Kier alpha value is -1.26. The minimum atomic E-state index is -0.551. The largest absolute Gasteiger partial charge is 0.464 e. The van der Waals surface area contributed by atoms with Gasteiger partial charge < -0.3 is 9.47 Å². The van der Waals surface area contributed by atoms with Crippen LogP contribution in [0.4, 0.5) is 4.79 Å². The standard InChI is InChI=1S/C17H27NO4/c1-5-21-14(19)13-12-7-6-11(10-17(12)8-9-17)18(13)15(20)22-16(2,3)4/h11-13H,5-10H2,1-4H3/t11?,12?,13-/m0/s1. The molecule has 3 atom stereocenters. The first kappa shape index (κ1) is 15.6. The van der Waals surface area contributed by atoms with Gasteiger partial charge in [0.2, 0.25) is 0 Å². The van der Waals surface area contributed by atoms with Gasteiger partial charge in [-0.05, 0) is 71.1 Å². The van der Waals surface area contributed by atoms with Crippen LogP contribution in [0.25, 0.3) is 0 Å². The average molecular weight is 309 g/mol. The van der Waals surface area contributed by atoms with Crippen molar-refractivity contribution in [2.24, 2.45) is 11.3 Å². The maximum atomic E-state index is 12.7. The highest BCUT2D eigenvalue weighted by molar-refractivity contribution is 5.83. The van der Waals surface area contributed by atoms with E-state index < -0.39 is 11.6 Å². The van der Waals surface area contributed by atoms with E-state index in [0.717, 1.165) is 19.3 Å². The van der Waals surface area contributed by atoms with Crippen LogP contribution in [-0.2, 0) is 14.3 Å². The number of carbonyl (C=O) groups is 2. The number of hydrogen-bond donors (Lipinski definition) is 0. The van der Waals surface area contributed by atoms with Gasteiger partial charge in [0.05, 0.1) is 6.61 Å². The lowest BCUT2D eigenvalue weighted by molar-refractivity contribution is -0.162. The molecule has 0 aromatic carbocycles. The Morgan fingerprint density at radius 2 is 1.91 bits per heavy atom. The Labute approximate surface area is 132 Å². The molecule has 2 aliphatic heterocycles. The molecule has 4 fully saturated rings. The minimum Gasteiger partial charge on any atom is -0.464 e. The monoisotopic (exact) mass is 309 g/mol. The van der Waals surface area contributed by atoms with Crippen molar-refractivity contribution in [3.63, 3.8) is 0 Å². The third kappa shape index (κ3) is 2.59. The first-order valence-electron chi connectivity index (χ1n) is 8.45. The molecule has 2 heterocycles. The van der Waals surface area contributed by atoms with Crippen molar-refractivity contribution in [2.75, 3.05) is 6.61 Å². The summed E-state index contributed by atoms with van der Waals surface area (Å²) in [5.41, 5.74) is -0.261. The van der Waals surface area contributed by atoms with Gasteiger partial charge in [-0.3, -0.25) is 4.90 Å². The van der Waals surface area contributed by atoms with E-state index in [9.17, 15) is 9.59 Å². The molecule has 2 unspecified atom stereocenters. The van der Waals surface area contributed by atoms with Gasteiger partial charge >= 0.3 is 12.1 Å². The maximum absolute atomic E-state index is 12.7. The summed E-state index contributed by atoms with van der Waals surface area (Å²) in [6.07, 6.45) is 5.02. The lowest BCUT2D eigenvalue weighted by Crippen LogP contribution is -2.64. The van der Waals surface area contributed by atoms with Crippen LogP contribution in [0, 0.1) is 11.3 Å². The number of rotatable bonds is 2. The third-order valence-electron chi connectivity index (χ3n) is 5.34. The van der Waals surface area contributed by atoms with Gasteiger partial charge in [-0.15, -0.1) is 0 Å². The zero-order chi connectivity index (χ0) is 16.1. The van der Waals surface area contributed by atoms with Crippen molar-refractivity contribution < 1.29 is 19.1 Å². The van der Waals surface area contributed by atoms with Crippen molar-refractivity contribution in [2.45, 2.75) is 77.5 Å². The summed E-state index contributed by atoms with van der Waals surface area (Å²) in [5, 5.41) is 0. The van der Waals surface area contributed by atoms with Crippen LogP contribution < -0.4 is 0 Å². The zero-order valence-corrected chi connectivity index (χ0v) is 14.1. The van der Waals surface area contributed by atoms with Crippen LogP contribution in [0.5, 0.6) is 0 Å². The molecule has 2 bridgehead atoms. The predicted octanol–water partition coefficient (Wildman–Crippen LogP) is 3.12. The molecular formula is C17H27NO4. The van der Waals surface area contributed by atoms with Crippen molar-refractivity contribution in [1.29, 1.82) is 0 Å². The highest BCUT2D eigenvalue weighted by atomic mass is 16.6. The molecular weight excluding hydrogens is 282 g/mol. The van der Waals surface area contributed by atoms with E-state index in [1.807, 2.05) is 27.7 Å². The van der Waals surface area contributed by atoms with E-state index in [1.165, 1.54) is 12.8 Å². The summed E-state index contributed by atoms with van der Waals surface area (Å²) < 4.78 is 10.8. The molecule has 1 amide bonds. The van der Waals surface area contributed by atoms with E-state index in [2.05, 4.69) is 0 Å². The molecule has 0 N–H and O–H groups in total. The number of nitrogens with zero attached hydrogens (tertiary/aromatic N) is 1. The number of hydrogen-bond acceptors (Lipinski definition) is 4. The van der Waals surface area contributed by atoms with Crippen molar-refractivity contribution in [3.8, 4) is 0 Å². The van der Waals surface area contributed by atoms with Crippen LogP contribution in [0.2, 0.25) is 0 Å². The maximum Gasteiger partial charge on any atom is 0.411 e. The Balaban J connectivity index is 1.86. The Bertz CT molecular complexity index is 478. The molecule has 0 radical (unpaired) electrons. The molecule has 5 nitrogen and oxygen atoms in total. The SMILES string of the molecule is CCOC(=O)[C@@H]1C2CCC(CC23CC3)N1C(=O)OC(C)(C)C. The van der Waals surface area contributed by atoms with Crippen LogP contribution in [0.15, 0.2) is 0 Å². The summed E-state index contributed by atoms with van der Waals surface area (Å²) in [5.74, 6) is -0.0156. The Kier molecular flexibility index (Phi) is 3.65. The third-order valence-corrected chi connectivity index (χ3v) is 5.34. The smallest absolute Gasteiger partial charge is 0.411 e. The quantitative estimate of drug-likeness (QED) is 0.735. The lowest BCUT2D eigenvalue weighted by Gasteiger charge is -2.54. The van der Waals surface area contributed by atoms with Gasteiger partial charge in [0, 0.05) is 6.04 Å². The molecule has 4 rings (SSSR count). The molecule has 4 aliphatic rings. The van der Waals surface area contributed by atoms with Crippen LogP contribution >= 0.6 is 0 Å². The number of ether oxygens (including phenoxy) is 2. The van der Waals surface area contributed by atoms with Gasteiger partial charge in [0.25, 0.3) is 0 Å².